The van der Waals surface area contributed by atoms with E-state index in [0.717, 1.165) is 32.7 Å². The summed E-state index contributed by atoms with van der Waals surface area (Å²) in [4.78, 5) is 28.4. The van der Waals surface area contributed by atoms with Gasteiger partial charge in [-0.25, -0.2) is 0 Å². The Morgan fingerprint density at radius 2 is 1.96 bits per heavy atom. The summed E-state index contributed by atoms with van der Waals surface area (Å²) in [5, 5.41) is 3.09. The van der Waals surface area contributed by atoms with Crippen LogP contribution in [0.25, 0.3) is 0 Å². The number of carbonyl (C=O) groups is 2. The van der Waals surface area contributed by atoms with Crippen molar-refractivity contribution in [3.05, 3.63) is 35.9 Å². The molecule has 3 rings (SSSR count). The molecule has 0 bridgehead atoms. The molecule has 25 heavy (non-hydrogen) atoms. The minimum Gasteiger partial charge on any atom is -0.379 e. The fourth-order valence-electron chi connectivity index (χ4n) is 3.53. The topological polar surface area (TPSA) is 61.9 Å². The van der Waals surface area contributed by atoms with Crippen LogP contribution >= 0.6 is 0 Å². The second kappa shape index (κ2) is 8.45. The number of carbonyl (C=O) groups excluding carboxylic acids is 2. The molecule has 1 aromatic carbocycles. The summed E-state index contributed by atoms with van der Waals surface area (Å²) in [6.45, 7) is 4.39. The smallest absolute Gasteiger partial charge is 0.223 e. The number of nitrogens with one attached hydrogen (secondary N) is 1. The van der Waals surface area contributed by atoms with Crippen LogP contribution in [0.15, 0.2) is 30.3 Å². The zero-order valence-electron chi connectivity index (χ0n) is 14.8. The number of morpholine rings is 1. The largest absolute Gasteiger partial charge is 0.379 e. The molecule has 2 aliphatic rings. The summed E-state index contributed by atoms with van der Waals surface area (Å²) in [6.07, 6.45) is 1.05. The number of ether oxygens (including phenoxy) is 1. The Kier molecular flexibility index (Phi) is 6.04. The maximum absolute atomic E-state index is 12.5. The summed E-state index contributed by atoms with van der Waals surface area (Å²) in [6, 6.07) is 10.4. The zero-order chi connectivity index (χ0) is 17.6. The van der Waals surface area contributed by atoms with Gasteiger partial charge in [0.1, 0.15) is 0 Å². The fourth-order valence-corrected chi connectivity index (χ4v) is 3.53. The van der Waals surface area contributed by atoms with Gasteiger partial charge in [-0.3, -0.25) is 14.5 Å². The Morgan fingerprint density at radius 3 is 2.64 bits per heavy atom. The quantitative estimate of drug-likeness (QED) is 0.866. The first-order chi connectivity index (χ1) is 12.1. The van der Waals surface area contributed by atoms with E-state index < -0.39 is 0 Å². The lowest BCUT2D eigenvalue weighted by Crippen LogP contribution is -2.46. The maximum atomic E-state index is 12.5. The van der Waals surface area contributed by atoms with Crippen LogP contribution in [0.4, 0.5) is 0 Å². The Bertz CT molecular complexity index is 587. The molecular formula is C19H27N3O3. The van der Waals surface area contributed by atoms with Gasteiger partial charge in [0.25, 0.3) is 0 Å². The van der Waals surface area contributed by atoms with Gasteiger partial charge in [0, 0.05) is 45.6 Å². The van der Waals surface area contributed by atoms with Crippen molar-refractivity contribution in [3.63, 3.8) is 0 Å². The Balaban J connectivity index is 1.62. The summed E-state index contributed by atoms with van der Waals surface area (Å²) in [5.41, 5.74) is 1.20. The number of benzene rings is 1. The fraction of sp³-hybridized carbons (Fsp3) is 0.579. The first-order valence-electron chi connectivity index (χ1n) is 9.03. The van der Waals surface area contributed by atoms with E-state index in [2.05, 4.69) is 22.3 Å². The number of rotatable bonds is 5. The van der Waals surface area contributed by atoms with Crippen LogP contribution in [0.2, 0.25) is 0 Å². The summed E-state index contributed by atoms with van der Waals surface area (Å²) < 4.78 is 5.46. The van der Waals surface area contributed by atoms with Crippen molar-refractivity contribution < 1.29 is 14.3 Å². The summed E-state index contributed by atoms with van der Waals surface area (Å²) in [7, 11) is 1.79. The monoisotopic (exact) mass is 345 g/mol. The van der Waals surface area contributed by atoms with E-state index in [1.54, 1.807) is 11.9 Å². The van der Waals surface area contributed by atoms with Crippen molar-refractivity contribution in [2.45, 2.75) is 18.9 Å². The number of hydrogen-bond donors (Lipinski definition) is 1. The first kappa shape index (κ1) is 17.9. The van der Waals surface area contributed by atoms with E-state index in [1.165, 1.54) is 5.56 Å². The summed E-state index contributed by atoms with van der Waals surface area (Å²) in [5.74, 6) is -0.153. The molecule has 2 aliphatic heterocycles. The second-order valence-electron chi connectivity index (χ2n) is 6.82. The molecule has 2 heterocycles. The molecule has 0 unspecified atom stereocenters. The van der Waals surface area contributed by atoms with Crippen molar-refractivity contribution in [2.24, 2.45) is 5.92 Å². The van der Waals surface area contributed by atoms with Crippen molar-refractivity contribution in [3.8, 4) is 0 Å². The Labute approximate surface area is 149 Å². The van der Waals surface area contributed by atoms with Crippen LogP contribution in [0.3, 0.4) is 0 Å². The first-order valence-corrected chi connectivity index (χ1v) is 9.03. The molecule has 2 fully saturated rings. The zero-order valence-corrected chi connectivity index (χ0v) is 14.8. The lowest BCUT2D eigenvalue weighted by molar-refractivity contribution is -0.139. The van der Waals surface area contributed by atoms with Gasteiger partial charge in [-0.15, -0.1) is 0 Å². The van der Waals surface area contributed by atoms with Crippen LogP contribution < -0.4 is 5.32 Å². The minimum absolute atomic E-state index is 0.00404. The van der Waals surface area contributed by atoms with Gasteiger partial charge in [0.15, 0.2) is 0 Å². The SMILES string of the molecule is CN1CC[C@@H](C(=O)NC[C@@H](c2ccccc2)N2CCOCC2)CC1=O. The van der Waals surface area contributed by atoms with Gasteiger partial charge in [-0.1, -0.05) is 30.3 Å². The van der Waals surface area contributed by atoms with Crippen molar-refractivity contribution in [1.29, 1.82) is 0 Å². The Hall–Kier alpha value is -1.92. The molecule has 0 aliphatic carbocycles. The molecule has 0 saturated carbocycles. The van der Waals surface area contributed by atoms with E-state index in [0.29, 0.717) is 19.5 Å². The van der Waals surface area contributed by atoms with Gasteiger partial charge in [-0.05, 0) is 12.0 Å². The average Bonchev–Trinajstić information content (AvgIpc) is 2.66. The number of hydrogen-bond acceptors (Lipinski definition) is 4. The standard InChI is InChI=1S/C19H27N3O3/c1-21-8-7-16(13-18(21)23)19(24)20-14-17(15-5-3-2-4-6-15)22-9-11-25-12-10-22/h2-6,16-17H,7-14H2,1H3,(H,20,24)/t16-,17+/m1/s1. The van der Waals surface area contributed by atoms with Crippen LogP contribution in [-0.2, 0) is 14.3 Å². The molecule has 6 heteroatoms. The molecule has 136 valence electrons. The third kappa shape index (κ3) is 4.58. The van der Waals surface area contributed by atoms with E-state index in [-0.39, 0.29) is 23.8 Å². The highest BCUT2D eigenvalue weighted by Crippen LogP contribution is 2.22. The van der Waals surface area contributed by atoms with Crippen LogP contribution in [0.5, 0.6) is 0 Å². The minimum atomic E-state index is -0.204. The van der Waals surface area contributed by atoms with Crippen molar-refractivity contribution in [2.75, 3.05) is 46.4 Å². The highest BCUT2D eigenvalue weighted by Gasteiger charge is 2.30. The van der Waals surface area contributed by atoms with Crippen molar-refractivity contribution in [1.82, 2.24) is 15.1 Å². The van der Waals surface area contributed by atoms with E-state index in [1.807, 2.05) is 18.2 Å². The predicted molar refractivity (Wildman–Crippen MR) is 94.9 cm³/mol. The molecule has 1 N–H and O–H groups in total. The van der Waals surface area contributed by atoms with Crippen LogP contribution in [0.1, 0.15) is 24.4 Å². The second-order valence-corrected chi connectivity index (χ2v) is 6.82. The van der Waals surface area contributed by atoms with Gasteiger partial charge in [0.2, 0.25) is 11.8 Å². The Morgan fingerprint density at radius 1 is 1.24 bits per heavy atom. The van der Waals surface area contributed by atoms with E-state index >= 15 is 0 Å². The number of piperidine rings is 1. The molecule has 2 amide bonds. The molecular weight excluding hydrogens is 318 g/mol. The lowest BCUT2D eigenvalue weighted by Gasteiger charge is -2.35. The molecule has 0 aromatic heterocycles. The highest BCUT2D eigenvalue weighted by atomic mass is 16.5. The third-order valence-corrected chi connectivity index (χ3v) is 5.17. The molecule has 0 spiro atoms. The lowest BCUT2D eigenvalue weighted by atomic mass is 9.95. The highest BCUT2D eigenvalue weighted by molar-refractivity contribution is 5.86. The van der Waals surface area contributed by atoms with Crippen molar-refractivity contribution >= 4 is 11.8 Å². The summed E-state index contributed by atoms with van der Waals surface area (Å²) >= 11 is 0. The average molecular weight is 345 g/mol. The van der Waals surface area contributed by atoms with Gasteiger partial charge in [0.05, 0.1) is 19.3 Å². The number of nitrogens with zero attached hydrogens (tertiary/aromatic N) is 2. The molecule has 0 radical (unpaired) electrons. The maximum Gasteiger partial charge on any atom is 0.223 e. The molecule has 6 nitrogen and oxygen atoms in total. The number of likely N-dealkylation sites (tertiary alicyclic amines) is 1. The van der Waals surface area contributed by atoms with Crippen LogP contribution in [-0.4, -0.2) is 68.1 Å². The van der Waals surface area contributed by atoms with Crippen LogP contribution in [0, 0.1) is 5.92 Å². The van der Waals surface area contributed by atoms with E-state index in [9.17, 15) is 9.59 Å². The van der Waals surface area contributed by atoms with E-state index in [4.69, 9.17) is 4.74 Å². The third-order valence-electron chi connectivity index (χ3n) is 5.17. The number of amides is 2. The molecule has 1 aromatic rings. The normalized spacial score (nSPS) is 23.3. The van der Waals surface area contributed by atoms with Gasteiger partial charge >= 0.3 is 0 Å². The molecule has 2 saturated heterocycles. The van der Waals surface area contributed by atoms with Gasteiger partial charge in [-0.2, -0.15) is 0 Å². The predicted octanol–water partition coefficient (Wildman–Crippen LogP) is 1.04. The molecule has 2 atom stereocenters. The van der Waals surface area contributed by atoms with Gasteiger partial charge < -0.3 is 15.0 Å².